The first-order chi connectivity index (χ1) is 5.47. The zero-order chi connectivity index (χ0) is 8.10. The van der Waals surface area contributed by atoms with Crippen LogP contribution in [0, 0.1) is 0 Å². The van der Waals surface area contributed by atoms with Crippen molar-refractivity contribution in [3.8, 4) is 0 Å². The molecule has 0 saturated carbocycles. The Kier molecular flexibility index (Phi) is 4.06. The molecule has 0 nitrogen and oxygen atoms in total. The smallest absolute Gasteiger partial charge is 0.00144 e. The van der Waals surface area contributed by atoms with Gasteiger partial charge < -0.3 is 0 Å². The summed E-state index contributed by atoms with van der Waals surface area (Å²) in [6, 6.07) is 0. The van der Waals surface area contributed by atoms with Crippen molar-refractivity contribution in [2.24, 2.45) is 0 Å². The third kappa shape index (κ3) is 2.26. The summed E-state index contributed by atoms with van der Waals surface area (Å²) in [7, 11) is 0. The van der Waals surface area contributed by atoms with Gasteiger partial charge in [-0.3, -0.25) is 0 Å². The molecule has 0 saturated heterocycles. The molecule has 11 heavy (non-hydrogen) atoms. The maximum Gasteiger partial charge on any atom is 0.00144 e. The maximum absolute atomic E-state index is 2.11. The van der Waals surface area contributed by atoms with Crippen molar-refractivity contribution in [1.29, 1.82) is 0 Å². The summed E-state index contributed by atoms with van der Waals surface area (Å²) < 4.78 is 0. The second-order valence-corrected chi connectivity index (χ2v) is 4.02. The molecule has 0 radical (unpaired) electrons. The van der Waals surface area contributed by atoms with Crippen LogP contribution in [0.3, 0.4) is 0 Å². The van der Waals surface area contributed by atoms with E-state index in [0.717, 1.165) is 0 Å². The molecule has 0 unspecified atom stereocenters. The van der Waals surface area contributed by atoms with Crippen LogP contribution in [0.4, 0.5) is 0 Å². The van der Waals surface area contributed by atoms with Crippen molar-refractivity contribution in [1.82, 2.24) is 0 Å². The Bertz CT molecular complexity index is 131. The fraction of sp³-hybridized carbons (Fsp3) is 0.800. The molecule has 1 aliphatic heterocycles. The highest BCUT2D eigenvalue weighted by Crippen LogP contribution is 2.40. The summed E-state index contributed by atoms with van der Waals surface area (Å²) in [5.41, 5.74) is 1.80. The Morgan fingerprint density at radius 2 is 1.73 bits per heavy atom. The van der Waals surface area contributed by atoms with Gasteiger partial charge in [0.15, 0.2) is 0 Å². The third-order valence-corrected chi connectivity index (χ3v) is 3.46. The van der Waals surface area contributed by atoms with E-state index in [1.54, 1.807) is 10.5 Å². The minimum Gasteiger partial charge on any atom is -0.130 e. The molecule has 0 aromatic rings. The third-order valence-electron chi connectivity index (χ3n) is 2.21. The van der Waals surface area contributed by atoms with Crippen LogP contribution in [0.5, 0.6) is 0 Å². The second kappa shape index (κ2) is 4.87. The van der Waals surface area contributed by atoms with Gasteiger partial charge in [0.05, 0.1) is 0 Å². The van der Waals surface area contributed by atoms with Crippen molar-refractivity contribution in [2.75, 3.05) is 5.75 Å². The molecule has 0 spiro atoms. The average molecular weight is 170 g/mol. The summed E-state index contributed by atoms with van der Waals surface area (Å²) in [6.45, 7) is 4.00. The first kappa shape index (κ1) is 9.18. The number of hydrogen-bond acceptors (Lipinski definition) is 1. The fourth-order valence-corrected chi connectivity index (χ4v) is 2.97. The fourth-order valence-electron chi connectivity index (χ4n) is 1.68. The van der Waals surface area contributed by atoms with Crippen molar-refractivity contribution in [3.63, 3.8) is 0 Å². The molecule has 2 rings (SSSR count). The van der Waals surface area contributed by atoms with Gasteiger partial charge in [0.2, 0.25) is 0 Å². The van der Waals surface area contributed by atoms with Gasteiger partial charge in [-0.25, -0.2) is 0 Å². The van der Waals surface area contributed by atoms with Crippen LogP contribution in [0.1, 0.15) is 46.0 Å². The van der Waals surface area contributed by atoms with Gasteiger partial charge in [-0.2, -0.15) is 0 Å². The minimum absolute atomic E-state index is 1.38. The maximum atomic E-state index is 2.11. The van der Waals surface area contributed by atoms with E-state index in [4.69, 9.17) is 0 Å². The molecule has 0 fully saturated rings. The van der Waals surface area contributed by atoms with Crippen LogP contribution in [0.25, 0.3) is 0 Å². The van der Waals surface area contributed by atoms with Crippen LogP contribution < -0.4 is 0 Å². The van der Waals surface area contributed by atoms with E-state index in [2.05, 4.69) is 11.8 Å². The molecule has 1 aliphatic carbocycles. The SMILES string of the molecule is C1CCC2=C(C1)CCS2.CC. The predicted molar refractivity (Wildman–Crippen MR) is 53.9 cm³/mol. The van der Waals surface area contributed by atoms with E-state index in [-0.39, 0.29) is 0 Å². The molecule has 64 valence electrons. The lowest BCUT2D eigenvalue weighted by Crippen LogP contribution is -1.91. The highest BCUT2D eigenvalue weighted by Gasteiger charge is 2.17. The number of rotatable bonds is 0. The molecule has 1 heteroatoms. The molecule has 1 heterocycles. The lowest BCUT2D eigenvalue weighted by molar-refractivity contribution is 0.685. The predicted octanol–water partition coefficient (Wildman–Crippen LogP) is 3.98. The van der Waals surface area contributed by atoms with Crippen LogP contribution in [-0.4, -0.2) is 5.75 Å². The first-order valence-electron chi connectivity index (χ1n) is 4.80. The lowest BCUT2D eigenvalue weighted by atomic mass is 9.98. The molecule has 0 aromatic heterocycles. The van der Waals surface area contributed by atoms with Gasteiger partial charge in [0.25, 0.3) is 0 Å². The van der Waals surface area contributed by atoms with E-state index in [9.17, 15) is 0 Å². The second-order valence-electron chi connectivity index (χ2n) is 2.83. The number of hydrogen-bond donors (Lipinski definition) is 0. The zero-order valence-corrected chi connectivity index (χ0v) is 8.47. The van der Waals surface area contributed by atoms with Crippen LogP contribution in [0.2, 0.25) is 0 Å². The van der Waals surface area contributed by atoms with E-state index in [1.807, 2.05) is 13.8 Å². The summed E-state index contributed by atoms with van der Waals surface area (Å²) in [6.07, 6.45) is 7.13. The molecule has 0 bridgehead atoms. The molecule has 0 aromatic carbocycles. The van der Waals surface area contributed by atoms with Gasteiger partial charge in [0, 0.05) is 5.75 Å². The molecule has 0 N–H and O–H groups in total. The molecular weight excluding hydrogens is 152 g/mol. The highest BCUT2D eigenvalue weighted by atomic mass is 32.2. The Balaban J connectivity index is 0.000000281. The van der Waals surface area contributed by atoms with E-state index in [0.29, 0.717) is 0 Å². The van der Waals surface area contributed by atoms with E-state index >= 15 is 0 Å². The van der Waals surface area contributed by atoms with Crippen LogP contribution in [-0.2, 0) is 0 Å². The zero-order valence-electron chi connectivity index (χ0n) is 7.65. The number of thioether (sulfide) groups is 1. The van der Waals surface area contributed by atoms with Gasteiger partial charge in [-0.05, 0) is 37.0 Å². The monoisotopic (exact) mass is 170 g/mol. The molecular formula is C10H18S. The average Bonchev–Trinajstić information content (AvgIpc) is 2.55. The Hall–Kier alpha value is 0.0900. The minimum atomic E-state index is 1.38. The van der Waals surface area contributed by atoms with Gasteiger partial charge in [-0.15, -0.1) is 11.8 Å². The van der Waals surface area contributed by atoms with E-state index < -0.39 is 0 Å². The van der Waals surface area contributed by atoms with Gasteiger partial charge >= 0.3 is 0 Å². The Morgan fingerprint density at radius 1 is 1.00 bits per heavy atom. The lowest BCUT2D eigenvalue weighted by Gasteiger charge is -2.11. The van der Waals surface area contributed by atoms with Crippen molar-refractivity contribution in [2.45, 2.75) is 46.0 Å². The summed E-state index contributed by atoms with van der Waals surface area (Å²) in [5, 5.41) is 0. The quantitative estimate of drug-likeness (QED) is 0.530. The topological polar surface area (TPSA) is 0 Å². The normalized spacial score (nSPS) is 22.4. The van der Waals surface area contributed by atoms with Gasteiger partial charge in [-0.1, -0.05) is 19.4 Å². The van der Waals surface area contributed by atoms with Crippen molar-refractivity contribution in [3.05, 3.63) is 10.5 Å². The van der Waals surface area contributed by atoms with E-state index in [1.165, 1.54) is 37.9 Å². The summed E-state index contributed by atoms with van der Waals surface area (Å²) in [4.78, 5) is 1.75. The molecule has 0 amide bonds. The summed E-state index contributed by atoms with van der Waals surface area (Å²) in [5.74, 6) is 1.38. The van der Waals surface area contributed by atoms with Crippen molar-refractivity contribution >= 4 is 11.8 Å². The highest BCUT2D eigenvalue weighted by molar-refractivity contribution is 8.03. The Morgan fingerprint density at radius 3 is 2.45 bits per heavy atom. The van der Waals surface area contributed by atoms with Crippen LogP contribution >= 0.6 is 11.8 Å². The number of allylic oxidation sites excluding steroid dienone is 2. The van der Waals surface area contributed by atoms with Crippen LogP contribution in [0.15, 0.2) is 10.5 Å². The van der Waals surface area contributed by atoms with Gasteiger partial charge in [0.1, 0.15) is 0 Å². The molecule has 2 aliphatic rings. The first-order valence-corrected chi connectivity index (χ1v) is 5.79. The Labute approximate surface area is 74.5 Å². The molecule has 0 atom stereocenters. The standard InChI is InChI=1S/C8H12S.C2H6/c1-2-4-8-7(3-1)5-6-9-8;1-2/h1-6H2;1-2H3. The summed E-state index contributed by atoms with van der Waals surface area (Å²) >= 11 is 2.11. The largest absolute Gasteiger partial charge is 0.130 e. The van der Waals surface area contributed by atoms with Crippen molar-refractivity contribution < 1.29 is 0 Å².